The van der Waals surface area contributed by atoms with E-state index in [1.54, 1.807) is 0 Å². The molecule has 0 aliphatic rings. The second-order valence-corrected chi connectivity index (χ2v) is 6.47. The van der Waals surface area contributed by atoms with Gasteiger partial charge in [-0.1, -0.05) is 43.3 Å². The Balaban J connectivity index is 1.92. The fourth-order valence-corrected chi connectivity index (χ4v) is 2.90. The van der Waals surface area contributed by atoms with E-state index in [4.69, 9.17) is 4.74 Å². The van der Waals surface area contributed by atoms with Crippen LogP contribution < -0.4 is 10.1 Å². The molecule has 0 aliphatic heterocycles. The molecular weight excluding hydrogens is 397 g/mol. The number of aromatic carboxylic acids is 1. The lowest BCUT2D eigenvalue weighted by molar-refractivity contribution is -0.137. The smallest absolute Gasteiger partial charge is 0.416 e. The van der Waals surface area contributed by atoms with Gasteiger partial charge in [0, 0.05) is 12.6 Å². The Hall–Kier alpha value is -3.55. The molecule has 1 heterocycles. The molecule has 0 amide bonds. The summed E-state index contributed by atoms with van der Waals surface area (Å²) >= 11 is 0. The molecule has 0 unspecified atom stereocenters. The zero-order valence-electron chi connectivity index (χ0n) is 16.0. The summed E-state index contributed by atoms with van der Waals surface area (Å²) in [7, 11) is 0. The Morgan fingerprint density at radius 2 is 1.83 bits per heavy atom. The van der Waals surface area contributed by atoms with E-state index in [-0.39, 0.29) is 17.3 Å². The Kier molecular flexibility index (Phi) is 6.25. The van der Waals surface area contributed by atoms with Crippen LogP contribution in [0.5, 0.6) is 11.6 Å². The second kappa shape index (κ2) is 8.86. The molecule has 0 saturated heterocycles. The number of nitrogens with zero attached hydrogens (tertiary/aromatic N) is 1. The number of carboxylic acid groups (broad SMARTS) is 1. The molecule has 0 aliphatic carbocycles. The number of carbonyl (C=O) groups is 1. The minimum atomic E-state index is -4.52. The number of hydrogen-bond acceptors (Lipinski definition) is 4. The maximum Gasteiger partial charge on any atom is 0.416 e. The van der Waals surface area contributed by atoms with Crippen LogP contribution in [0.4, 0.5) is 18.9 Å². The topological polar surface area (TPSA) is 71.5 Å². The van der Waals surface area contributed by atoms with E-state index < -0.39 is 17.7 Å². The Bertz CT molecular complexity index is 1040. The number of ether oxygens (including phenoxy) is 1. The fourth-order valence-electron chi connectivity index (χ4n) is 2.90. The largest absolute Gasteiger partial charge is 0.476 e. The molecule has 3 rings (SSSR count). The minimum absolute atomic E-state index is 0.0827. The van der Waals surface area contributed by atoms with E-state index >= 15 is 0 Å². The van der Waals surface area contributed by atoms with E-state index in [1.807, 2.05) is 37.3 Å². The fraction of sp³-hybridized carbons (Fsp3) is 0.182. The third kappa shape index (κ3) is 5.08. The van der Waals surface area contributed by atoms with Crippen LogP contribution >= 0.6 is 0 Å². The number of aromatic nitrogens is 1. The van der Waals surface area contributed by atoms with Gasteiger partial charge in [0.2, 0.25) is 5.88 Å². The van der Waals surface area contributed by atoms with Crippen LogP contribution in [0.2, 0.25) is 0 Å². The Labute approximate surface area is 171 Å². The molecule has 2 aromatic carbocycles. The molecule has 0 fully saturated rings. The van der Waals surface area contributed by atoms with Gasteiger partial charge >= 0.3 is 12.1 Å². The number of hydrogen-bond donors (Lipinski definition) is 2. The number of benzene rings is 2. The van der Waals surface area contributed by atoms with Crippen LogP contribution in [0.3, 0.4) is 0 Å². The standard InChI is InChI=1S/C22H19F3N2O3/c1-2-15-11-18(30-17-10-6-9-16(12-17)22(23,24)25)27-20(21(28)29)19(15)26-13-14-7-4-3-5-8-14/h3-12,26H,2,13H2,1H3,(H,28,29). The summed E-state index contributed by atoms with van der Waals surface area (Å²) in [5, 5.41) is 12.7. The highest BCUT2D eigenvalue weighted by Crippen LogP contribution is 2.33. The van der Waals surface area contributed by atoms with E-state index in [0.717, 1.165) is 17.7 Å². The van der Waals surface area contributed by atoms with Crippen LogP contribution in [0.1, 0.15) is 34.1 Å². The quantitative estimate of drug-likeness (QED) is 0.512. The van der Waals surface area contributed by atoms with Crippen LogP contribution in [0.15, 0.2) is 60.7 Å². The summed E-state index contributed by atoms with van der Waals surface area (Å²) in [5.74, 6) is -1.44. The van der Waals surface area contributed by atoms with Crippen molar-refractivity contribution in [2.24, 2.45) is 0 Å². The van der Waals surface area contributed by atoms with Crippen molar-refractivity contribution in [3.63, 3.8) is 0 Å². The second-order valence-electron chi connectivity index (χ2n) is 6.47. The predicted molar refractivity (Wildman–Crippen MR) is 106 cm³/mol. The lowest BCUT2D eigenvalue weighted by Gasteiger charge is -2.16. The first kappa shape index (κ1) is 21.2. The molecule has 0 bridgehead atoms. The summed E-state index contributed by atoms with van der Waals surface area (Å²) in [4.78, 5) is 15.8. The molecule has 0 saturated carbocycles. The van der Waals surface area contributed by atoms with Crippen molar-refractivity contribution < 1.29 is 27.8 Å². The number of halogens is 3. The first-order chi connectivity index (χ1) is 14.3. The first-order valence-electron chi connectivity index (χ1n) is 9.18. The van der Waals surface area contributed by atoms with Gasteiger partial charge < -0.3 is 15.2 Å². The minimum Gasteiger partial charge on any atom is -0.476 e. The van der Waals surface area contributed by atoms with Crippen LogP contribution in [-0.4, -0.2) is 16.1 Å². The van der Waals surface area contributed by atoms with Gasteiger partial charge in [-0.3, -0.25) is 0 Å². The van der Waals surface area contributed by atoms with Gasteiger partial charge in [0.1, 0.15) is 5.75 Å². The average molecular weight is 416 g/mol. The van der Waals surface area contributed by atoms with Gasteiger partial charge in [0.25, 0.3) is 0 Å². The summed E-state index contributed by atoms with van der Waals surface area (Å²) in [6, 6.07) is 15.3. The summed E-state index contributed by atoms with van der Waals surface area (Å²) in [5.41, 5.74) is 0.813. The molecule has 0 spiro atoms. The zero-order valence-corrected chi connectivity index (χ0v) is 16.0. The van der Waals surface area contributed by atoms with Crippen molar-refractivity contribution in [3.05, 3.63) is 83.0 Å². The molecular formula is C22H19F3N2O3. The van der Waals surface area contributed by atoms with E-state index in [9.17, 15) is 23.1 Å². The molecule has 5 nitrogen and oxygen atoms in total. The van der Waals surface area contributed by atoms with Gasteiger partial charge in [0.15, 0.2) is 5.69 Å². The number of pyridine rings is 1. The van der Waals surface area contributed by atoms with Gasteiger partial charge in [-0.2, -0.15) is 13.2 Å². The molecule has 2 N–H and O–H groups in total. The van der Waals surface area contributed by atoms with Crippen LogP contribution in [-0.2, 0) is 19.1 Å². The molecule has 8 heteroatoms. The Morgan fingerprint density at radius 3 is 2.47 bits per heavy atom. The molecule has 1 aromatic heterocycles. The van der Waals surface area contributed by atoms with E-state index in [1.165, 1.54) is 18.2 Å². The van der Waals surface area contributed by atoms with E-state index in [0.29, 0.717) is 24.2 Å². The van der Waals surface area contributed by atoms with Crippen molar-refractivity contribution in [2.45, 2.75) is 26.1 Å². The molecule has 0 radical (unpaired) electrons. The molecule has 0 atom stereocenters. The number of carboxylic acids is 1. The van der Waals surface area contributed by atoms with Crippen molar-refractivity contribution in [1.82, 2.24) is 4.98 Å². The number of alkyl halides is 3. The summed E-state index contributed by atoms with van der Waals surface area (Å²) in [6.45, 7) is 2.23. The third-order valence-electron chi connectivity index (χ3n) is 4.36. The van der Waals surface area contributed by atoms with Crippen LogP contribution in [0, 0.1) is 0 Å². The molecule has 3 aromatic rings. The van der Waals surface area contributed by atoms with Gasteiger partial charge in [-0.05, 0) is 35.7 Å². The highest BCUT2D eigenvalue weighted by atomic mass is 19.4. The third-order valence-corrected chi connectivity index (χ3v) is 4.36. The number of rotatable bonds is 7. The number of aryl methyl sites for hydroxylation is 1. The number of nitrogens with one attached hydrogen (secondary N) is 1. The normalized spacial score (nSPS) is 11.2. The summed E-state index contributed by atoms with van der Waals surface area (Å²) < 4.78 is 44.2. The van der Waals surface area contributed by atoms with Crippen molar-refractivity contribution in [2.75, 3.05) is 5.32 Å². The Morgan fingerprint density at radius 1 is 1.10 bits per heavy atom. The average Bonchev–Trinajstić information content (AvgIpc) is 2.72. The van der Waals surface area contributed by atoms with Crippen molar-refractivity contribution in [1.29, 1.82) is 0 Å². The maximum absolute atomic E-state index is 12.9. The number of anilines is 1. The lowest BCUT2D eigenvalue weighted by Crippen LogP contribution is -2.12. The predicted octanol–water partition coefficient (Wildman–Crippen LogP) is 5.77. The van der Waals surface area contributed by atoms with Crippen molar-refractivity contribution in [3.8, 4) is 11.6 Å². The van der Waals surface area contributed by atoms with Gasteiger partial charge in [0.05, 0.1) is 11.3 Å². The lowest BCUT2D eigenvalue weighted by atomic mass is 10.1. The highest BCUT2D eigenvalue weighted by Gasteiger charge is 2.30. The zero-order chi connectivity index (χ0) is 21.7. The van der Waals surface area contributed by atoms with Crippen molar-refractivity contribution >= 4 is 11.7 Å². The van der Waals surface area contributed by atoms with Crippen LogP contribution in [0.25, 0.3) is 0 Å². The first-order valence-corrected chi connectivity index (χ1v) is 9.18. The molecule has 30 heavy (non-hydrogen) atoms. The van der Waals surface area contributed by atoms with Gasteiger partial charge in [-0.15, -0.1) is 0 Å². The van der Waals surface area contributed by atoms with Gasteiger partial charge in [-0.25, -0.2) is 9.78 Å². The van der Waals surface area contributed by atoms with E-state index in [2.05, 4.69) is 10.3 Å². The maximum atomic E-state index is 12.9. The SMILES string of the molecule is CCc1cc(Oc2cccc(C(F)(F)F)c2)nc(C(=O)O)c1NCc1ccccc1. The molecule has 156 valence electrons. The summed E-state index contributed by atoms with van der Waals surface area (Å²) in [6.07, 6.45) is -4.04. The monoisotopic (exact) mass is 416 g/mol. The highest BCUT2D eigenvalue weighted by molar-refractivity contribution is 5.93.